The van der Waals surface area contributed by atoms with Crippen molar-refractivity contribution in [2.45, 2.75) is 92.5 Å². The summed E-state index contributed by atoms with van der Waals surface area (Å²) in [4.78, 5) is 4.55. The van der Waals surface area contributed by atoms with Crippen LogP contribution < -0.4 is 5.73 Å². The summed E-state index contributed by atoms with van der Waals surface area (Å²) in [6, 6.07) is 8.62. The van der Waals surface area contributed by atoms with Gasteiger partial charge >= 0.3 is 12.0 Å². The minimum atomic E-state index is -3.79. The first kappa shape index (κ1) is 35.7. The predicted molar refractivity (Wildman–Crippen MR) is 177 cm³/mol. The van der Waals surface area contributed by atoms with Crippen LogP contribution in [0.3, 0.4) is 0 Å². The van der Waals surface area contributed by atoms with Gasteiger partial charge in [-0.15, -0.1) is 10.2 Å². The van der Waals surface area contributed by atoms with E-state index < -0.39 is 43.8 Å². The van der Waals surface area contributed by atoms with Crippen LogP contribution in [-0.2, 0) is 20.0 Å². The third-order valence-corrected chi connectivity index (χ3v) is 12.7. The van der Waals surface area contributed by atoms with Gasteiger partial charge in [0.15, 0.2) is 0 Å². The molecule has 2 aliphatic heterocycles. The average Bonchev–Trinajstić information content (AvgIpc) is 3.78. The van der Waals surface area contributed by atoms with Crippen LogP contribution >= 0.6 is 0 Å². The van der Waals surface area contributed by atoms with Crippen molar-refractivity contribution in [2.75, 3.05) is 18.8 Å². The van der Waals surface area contributed by atoms with Gasteiger partial charge in [0.2, 0.25) is 31.8 Å². The van der Waals surface area contributed by atoms with Crippen molar-refractivity contribution in [3.05, 3.63) is 71.9 Å². The maximum Gasteiger partial charge on any atom is 0.342 e. The molecule has 0 radical (unpaired) electrons. The highest BCUT2D eigenvalue weighted by molar-refractivity contribution is 7.89. The molecule has 1 aliphatic carbocycles. The summed E-state index contributed by atoms with van der Waals surface area (Å²) in [6.45, 7) is 0.698. The first-order valence-electron chi connectivity index (χ1n) is 16.6. The van der Waals surface area contributed by atoms with Crippen LogP contribution in [0.5, 0.6) is 0 Å². The fourth-order valence-corrected chi connectivity index (χ4v) is 9.66. The quantitative estimate of drug-likeness (QED) is 0.239. The number of benzene rings is 2. The molecule has 4 heterocycles. The summed E-state index contributed by atoms with van der Waals surface area (Å²) in [5, 5.41) is 15.5. The minimum Gasteiger partial charge on any atom is -0.406 e. The molecule has 3 fully saturated rings. The molecule has 4 aromatic rings. The van der Waals surface area contributed by atoms with Gasteiger partial charge < -0.3 is 14.6 Å². The molecular weight excluding hydrogens is 695 g/mol. The third-order valence-electron chi connectivity index (χ3n) is 8.89. The van der Waals surface area contributed by atoms with Gasteiger partial charge in [0.05, 0.1) is 9.79 Å². The van der Waals surface area contributed by atoms with E-state index in [1.165, 1.54) is 39.3 Å². The van der Waals surface area contributed by atoms with Crippen LogP contribution in [0.1, 0.15) is 94.5 Å². The minimum absolute atomic E-state index is 0.0355. The van der Waals surface area contributed by atoms with Crippen LogP contribution in [0, 0.1) is 11.6 Å². The molecule has 0 unspecified atom stereocenters. The lowest BCUT2D eigenvalue weighted by atomic mass is 9.99. The second kappa shape index (κ2) is 15.4. The lowest BCUT2D eigenvalue weighted by molar-refractivity contribution is 0.220. The molecule has 18 heteroatoms. The topological polar surface area (TPSA) is 191 Å². The Labute approximate surface area is 288 Å². The Kier molecular flexibility index (Phi) is 11.0. The Morgan fingerprint density at radius 3 is 1.60 bits per heavy atom. The van der Waals surface area contributed by atoms with Gasteiger partial charge in [-0.3, -0.25) is 0 Å². The van der Waals surface area contributed by atoms with Crippen LogP contribution in [0.2, 0.25) is 0 Å². The second-order valence-corrected chi connectivity index (χ2v) is 16.1. The number of aliphatic imine (C=N–C) groups is 1. The zero-order chi connectivity index (χ0) is 35.3. The molecular formula is C32H38F2N8O6S2. The number of nitrogens with two attached hydrogens (primary N) is 1. The maximum absolute atomic E-state index is 13.2. The Morgan fingerprint density at radius 1 is 0.640 bits per heavy atom. The monoisotopic (exact) mass is 732 g/mol. The summed E-state index contributed by atoms with van der Waals surface area (Å²) >= 11 is 0. The maximum atomic E-state index is 13.2. The number of nitrogens with zero attached hydrogens (tertiary/aromatic N) is 7. The number of halogens is 2. The molecule has 0 spiro atoms. The van der Waals surface area contributed by atoms with Crippen LogP contribution in [0.4, 0.5) is 20.8 Å². The van der Waals surface area contributed by atoms with E-state index in [1.807, 2.05) is 0 Å². The van der Waals surface area contributed by atoms with E-state index in [-0.39, 0.29) is 33.6 Å². The molecule has 3 aliphatic rings. The fourth-order valence-electron chi connectivity index (χ4n) is 6.36. The van der Waals surface area contributed by atoms with Gasteiger partial charge in [-0.25, -0.2) is 30.6 Å². The summed E-state index contributed by atoms with van der Waals surface area (Å²) < 4.78 is 91.6. The molecule has 0 amide bonds. The molecule has 0 bridgehead atoms. The Hall–Kier alpha value is -4.13. The van der Waals surface area contributed by atoms with Crippen molar-refractivity contribution >= 4 is 37.8 Å². The normalized spacial score (nSPS) is 21.0. The fraction of sp³-hybridized carbons (Fsp3) is 0.469. The Balaban J connectivity index is 0.000000178. The number of anilines is 1. The molecule has 2 aromatic carbocycles. The van der Waals surface area contributed by atoms with E-state index in [2.05, 4.69) is 25.4 Å². The van der Waals surface area contributed by atoms with Crippen molar-refractivity contribution in [1.29, 1.82) is 0 Å². The highest BCUT2D eigenvalue weighted by Crippen LogP contribution is 2.37. The first-order chi connectivity index (χ1) is 24.0. The summed E-state index contributed by atoms with van der Waals surface area (Å²) in [5.74, 6) is -0.514. The van der Waals surface area contributed by atoms with Crippen molar-refractivity contribution in [3.8, 4) is 0 Å². The van der Waals surface area contributed by atoms with Crippen LogP contribution in [0.15, 0.2) is 72.1 Å². The lowest BCUT2D eigenvalue weighted by Crippen LogP contribution is -2.38. The van der Waals surface area contributed by atoms with Crippen LogP contribution in [-0.4, -0.2) is 64.6 Å². The number of nitrogen functional groups attached to an aromatic ring is 1. The largest absolute Gasteiger partial charge is 0.406 e. The Morgan fingerprint density at radius 2 is 1.12 bits per heavy atom. The summed E-state index contributed by atoms with van der Waals surface area (Å²) in [6.07, 6.45) is 9.69. The summed E-state index contributed by atoms with van der Waals surface area (Å²) in [7, 11) is -7.56. The van der Waals surface area contributed by atoms with Gasteiger partial charge in [0, 0.05) is 18.8 Å². The third kappa shape index (κ3) is 8.08. The number of hydrogen-bond donors (Lipinski definition) is 1. The molecule has 2 aromatic heterocycles. The first-order valence-corrected chi connectivity index (χ1v) is 19.4. The van der Waals surface area contributed by atoms with E-state index >= 15 is 0 Å². The van der Waals surface area contributed by atoms with E-state index in [4.69, 9.17) is 14.6 Å². The molecule has 50 heavy (non-hydrogen) atoms. The predicted octanol–water partition coefficient (Wildman–Crippen LogP) is 5.87. The van der Waals surface area contributed by atoms with Gasteiger partial charge in [-0.1, -0.05) is 29.5 Å². The van der Waals surface area contributed by atoms with E-state index in [0.717, 1.165) is 81.3 Å². The molecule has 2 atom stereocenters. The lowest BCUT2D eigenvalue weighted by Gasteiger charge is -2.32. The highest BCUT2D eigenvalue weighted by Gasteiger charge is 2.39. The number of aromatic nitrogens is 4. The van der Waals surface area contributed by atoms with E-state index in [0.29, 0.717) is 25.9 Å². The van der Waals surface area contributed by atoms with Crippen molar-refractivity contribution in [1.82, 2.24) is 29.0 Å². The molecule has 2 N–H and O–H groups in total. The van der Waals surface area contributed by atoms with Crippen molar-refractivity contribution < 1.29 is 34.5 Å². The smallest absolute Gasteiger partial charge is 0.342 e. The number of sulfonamides is 2. The van der Waals surface area contributed by atoms with Gasteiger partial charge in [0.25, 0.3) is 0 Å². The van der Waals surface area contributed by atoms with Crippen LogP contribution in [0.25, 0.3) is 0 Å². The van der Waals surface area contributed by atoms with Gasteiger partial charge in [0.1, 0.15) is 23.7 Å². The highest BCUT2D eigenvalue weighted by atomic mass is 32.2. The molecule has 7 rings (SSSR count). The summed E-state index contributed by atoms with van der Waals surface area (Å²) in [5.41, 5.74) is 6.47. The SMILES string of the molecule is Nc1nnc([C@@H]2CCCCN2S(=O)(=O)c2ccc(F)cc2)o1.O=S(=O)(c1ccc(F)cc1)N1CCCC[C@H]1c1nnc(N=C2CCCCC2)o1. The molecule has 2 saturated heterocycles. The van der Waals surface area contributed by atoms with E-state index in [9.17, 15) is 25.6 Å². The van der Waals surface area contributed by atoms with Gasteiger partial charge in [-0.05, 0) is 99.9 Å². The Bertz CT molecular complexity index is 2000. The average molecular weight is 733 g/mol. The van der Waals surface area contributed by atoms with Crippen molar-refractivity contribution in [3.63, 3.8) is 0 Å². The second-order valence-electron chi connectivity index (χ2n) is 12.3. The zero-order valence-electron chi connectivity index (χ0n) is 27.2. The van der Waals surface area contributed by atoms with Gasteiger partial charge in [-0.2, -0.15) is 8.61 Å². The number of hydrogen-bond acceptors (Lipinski definition) is 12. The van der Waals surface area contributed by atoms with E-state index in [1.54, 1.807) is 0 Å². The molecule has 14 nitrogen and oxygen atoms in total. The standard InChI is InChI=1S/C19H23FN4O3S.C13H15FN4O3S/c20-14-9-11-16(12-10-14)28(25,26)24-13-5-4-8-17(24)18-22-23-19(27-18)21-15-6-2-1-3-7-15;14-9-4-6-10(7-5-9)22(19,20)18-8-2-1-3-11(18)12-16-17-13(15)21-12/h9-12,17H,1-8,13H2;4-7,11H,1-3,8H2,(H2,15,17)/t17-;11-/m00/s1. The number of piperidine rings is 2. The molecule has 1 saturated carbocycles. The zero-order valence-corrected chi connectivity index (χ0v) is 28.8. The number of rotatable bonds is 7. The molecule has 268 valence electrons. The van der Waals surface area contributed by atoms with Crippen molar-refractivity contribution in [2.24, 2.45) is 4.99 Å².